The Balaban J connectivity index is 2.22. The Bertz CT molecular complexity index is 556. The van der Waals surface area contributed by atoms with Crippen molar-refractivity contribution in [3.05, 3.63) is 41.2 Å². The fourth-order valence-corrected chi connectivity index (χ4v) is 2.15. The number of benzene rings is 1. The van der Waals surface area contributed by atoms with E-state index in [1.54, 1.807) is 7.11 Å². The van der Waals surface area contributed by atoms with Gasteiger partial charge in [0.05, 0.1) is 25.1 Å². The largest absolute Gasteiger partial charge is 0.493 e. The van der Waals surface area contributed by atoms with E-state index in [0.717, 1.165) is 17.9 Å². The van der Waals surface area contributed by atoms with E-state index in [1.165, 1.54) is 0 Å². The van der Waals surface area contributed by atoms with Crippen molar-refractivity contribution in [1.82, 2.24) is 9.78 Å². The summed E-state index contributed by atoms with van der Waals surface area (Å²) in [6, 6.07) is 7.46. The number of rotatable bonds is 6. The number of hydrogen-bond acceptors (Lipinski definition) is 4. The van der Waals surface area contributed by atoms with Crippen molar-refractivity contribution in [2.75, 3.05) is 7.11 Å². The minimum atomic E-state index is -0.0847. The summed E-state index contributed by atoms with van der Waals surface area (Å²) >= 11 is 0. The van der Waals surface area contributed by atoms with Crippen molar-refractivity contribution in [2.45, 2.75) is 33.6 Å². The highest BCUT2D eigenvalue weighted by Gasteiger charge is 2.12. The average Bonchev–Trinajstić information content (AvgIpc) is 2.84. The molecule has 5 heteroatoms. The first-order chi connectivity index (χ1) is 9.69. The summed E-state index contributed by atoms with van der Waals surface area (Å²) in [5.74, 6) is 1.20. The Kier molecular flexibility index (Phi) is 4.63. The van der Waals surface area contributed by atoms with Gasteiger partial charge in [0.15, 0.2) is 11.5 Å². The van der Waals surface area contributed by atoms with Crippen LogP contribution in [0.15, 0.2) is 24.3 Å². The number of methoxy groups -OCH3 is 1. The zero-order chi connectivity index (χ0) is 14.5. The van der Waals surface area contributed by atoms with Gasteiger partial charge in [0.25, 0.3) is 0 Å². The van der Waals surface area contributed by atoms with Gasteiger partial charge in [-0.05, 0) is 26.0 Å². The fraction of sp³-hybridized carbons (Fsp3) is 0.400. The van der Waals surface area contributed by atoms with Crippen LogP contribution in [0.3, 0.4) is 0 Å². The molecule has 1 aromatic carbocycles. The number of hydrogen-bond donors (Lipinski definition) is 1. The first-order valence-corrected chi connectivity index (χ1v) is 6.62. The topological polar surface area (TPSA) is 56.5 Å². The maximum Gasteiger partial charge on any atom is 0.167 e. The molecule has 0 atom stereocenters. The molecule has 2 aromatic rings. The summed E-state index contributed by atoms with van der Waals surface area (Å²) in [5.41, 5.74) is 2.68. The molecule has 5 nitrogen and oxygen atoms in total. The van der Waals surface area contributed by atoms with E-state index in [2.05, 4.69) is 5.10 Å². The monoisotopic (exact) mass is 276 g/mol. The fourth-order valence-electron chi connectivity index (χ4n) is 2.15. The van der Waals surface area contributed by atoms with E-state index in [9.17, 15) is 5.11 Å². The van der Waals surface area contributed by atoms with Crippen molar-refractivity contribution >= 4 is 0 Å². The Morgan fingerprint density at radius 2 is 2.15 bits per heavy atom. The molecule has 0 saturated carbocycles. The van der Waals surface area contributed by atoms with Gasteiger partial charge in [-0.15, -0.1) is 0 Å². The van der Waals surface area contributed by atoms with Crippen LogP contribution in [-0.2, 0) is 19.8 Å². The third-order valence-electron chi connectivity index (χ3n) is 3.10. The molecule has 1 heterocycles. The zero-order valence-electron chi connectivity index (χ0n) is 12.1. The smallest absolute Gasteiger partial charge is 0.167 e. The minimum absolute atomic E-state index is 0.0847. The predicted octanol–water partition coefficient (Wildman–Crippen LogP) is 2.29. The lowest BCUT2D eigenvalue weighted by Gasteiger charge is -2.14. The summed E-state index contributed by atoms with van der Waals surface area (Å²) in [6.07, 6.45) is 0. The molecule has 108 valence electrons. The van der Waals surface area contributed by atoms with Gasteiger partial charge in [0.2, 0.25) is 0 Å². The lowest BCUT2D eigenvalue weighted by Crippen LogP contribution is -2.07. The summed E-state index contributed by atoms with van der Waals surface area (Å²) in [4.78, 5) is 0. The Morgan fingerprint density at radius 1 is 1.35 bits per heavy atom. The molecule has 1 aromatic heterocycles. The van der Waals surface area contributed by atoms with Crippen molar-refractivity contribution in [3.8, 4) is 11.5 Å². The Hall–Kier alpha value is -2.01. The van der Waals surface area contributed by atoms with Crippen LogP contribution in [0, 0.1) is 6.92 Å². The van der Waals surface area contributed by atoms with Gasteiger partial charge < -0.3 is 14.6 Å². The molecule has 0 aliphatic carbocycles. The standard InChI is InChI=1S/C15H20N2O3/c1-4-17-13(8-11(2)16-17)10-20-15-12(9-18)6-5-7-14(15)19-3/h5-8,18H,4,9-10H2,1-3H3. The van der Waals surface area contributed by atoms with E-state index >= 15 is 0 Å². The molecule has 20 heavy (non-hydrogen) atoms. The van der Waals surface area contributed by atoms with Crippen LogP contribution in [0.5, 0.6) is 11.5 Å². The first-order valence-electron chi connectivity index (χ1n) is 6.62. The van der Waals surface area contributed by atoms with Gasteiger partial charge in [0, 0.05) is 12.1 Å². The number of aromatic nitrogens is 2. The summed E-state index contributed by atoms with van der Waals surface area (Å²) in [7, 11) is 1.59. The van der Waals surface area contributed by atoms with Crippen LogP contribution in [0.2, 0.25) is 0 Å². The molecular formula is C15H20N2O3. The number of nitrogens with zero attached hydrogens (tertiary/aromatic N) is 2. The van der Waals surface area contributed by atoms with Gasteiger partial charge >= 0.3 is 0 Å². The average molecular weight is 276 g/mol. The highest BCUT2D eigenvalue weighted by molar-refractivity contribution is 5.46. The van der Waals surface area contributed by atoms with Crippen molar-refractivity contribution in [2.24, 2.45) is 0 Å². The maximum atomic E-state index is 9.39. The molecular weight excluding hydrogens is 256 g/mol. The highest BCUT2D eigenvalue weighted by atomic mass is 16.5. The number of aryl methyl sites for hydroxylation is 2. The Morgan fingerprint density at radius 3 is 2.80 bits per heavy atom. The molecule has 0 saturated heterocycles. The van der Waals surface area contributed by atoms with Gasteiger partial charge in [0.1, 0.15) is 6.61 Å². The molecule has 0 spiro atoms. The second-order valence-corrected chi connectivity index (χ2v) is 4.49. The zero-order valence-corrected chi connectivity index (χ0v) is 12.1. The van der Waals surface area contributed by atoms with Crippen LogP contribution < -0.4 is 9.47 Å². The van der Waals surface area contributed by atoms with E-state index in [-0.39, 0.29) is 6.61 Å². The maximum absolute atomic E-state index is 9.39. The van der Waals surface area contributed by atoms with E-state index in [0.29, 0.717) is 23.7 Å². The number of para-hydroxylation sites is 1. The predicted molar refractivity (Wildman–Crippen MR) is 75.9 cm³/mol. The van der Waals surface area contributed by atoms with Crippen molar-refractivity contribution in [3.63, 3.8) is 0 Å². The SMILES string of the molecule is CCn1nc(C)cc1COc1c(CO)cccc1OC. The van der Waals surface area contributed by atoms with Crippen LogP contribution in [0.1, 0.15) is 23.9 Å². The molecule has 0 amide bonds. The molecule has 0 radical (unpaired) electrons. The summed E-state index contributed by atoms with van der Waals surface area (Å²) in [6.45, 7) is 5.10. The summed E-state index contributed by atoms with van der Waals surface area (Å²) in [5, 5.41) is 13.8. The van der Waals surface area contributed by atoms with E-state index in [1.807, 2.05) is 42.8 Å². The molecule has 0 unspecified atom stereocenters. The van der Waals surface area contributed by atoms with Gasteiger partial charge in [-0.1, -0.05) is 12.1 Å². The van der Waals surface area contributed by atoms with Gasteiger partial charge in [-0.25, -0.2) is 0 Å². The van der Waals surface area contributed by atoms with Crippen LogP contribution in [0.25, 0.3) is 0 Å². The van der Waals surface area contributed by atoms with E-state index < -0.39 is 0 Å². The molecule has 0 bridgehead atoms. The van der Waals surface area contributed by atoms with Crippen LogP contribution >= 0.6 is 0 Å². The van der Waals surface area contributed by atoms with Gasteiger partial charge in [-0.2, -0.15) is 5.10 Å². The minimum Gasteiger partial charge on any atom is -0.493 e. The molecule has 0 fully saturated rings. The number of aliphatic hydroxyl groups excluding tert-OH is 1. The second kappa shape index (κ2) is 6.43. The van der Waals surface area contributed by atoms with Crippen LogP contribution in [0.4, 0.5) is 0 Å². The number of ether oxygens (including phenoxy) is 2. The molecule has 1 N–H and O–H groups in total. The second-order valence-electron chi connectivity index (χ2n) is 4.49. The van der Waals surface area contributed by atoms with Crippen molar-refractivity contribution < 1.29 is 14.6 Å². The molecule has 0 aliphatic heterocycles. The highest BCUT2D eigenvalue weighted by Crippen LogP contribution is 2.31. The molecule has 0 aliphatic rings. The van der Waals surface area contributed by atoms with Gasteiger partial charge in [-0.3, -0.25) is 4.68 Å². The third-order valence-corrected chi connectivity index (χ3v) is 3.10. The van der Waals surface area contributed by atoms with Crippen LogP contribution in [-0.4, -0.2) is 22.0 Å². The first kappa shape index (κ1) is 14.4. The molecule has 2 rings (SSSR count). The normalized spacial score (nSPS) is 10.6. The number of aliphatic hydroxyl groups is 1. The lowest BCUT2D eigenvalue weighted by molar-refractivity contribution is 0.245. The summed E-state index contributed by atoms with van der Waals surface area (Å²) < 4.78 is 13.0. The third kappa shape index (κ3) is 2.93. The quantitative estimate of drug-likeness (QED) is 0.879. The van der Waals surface area contributed by atoms with Crippen molar-refractivity contribution in [1.29, 1.82) is 0 Å². The Labute approximate surface area is 118 Å². The lowest BCUT2D eigenvalue weighted by atomic mass is 10.2. The van der Waals surface area contributed by atoms with E-state index in [4.69, 9.17) is 9.47 Å².